The summed E-state index contributed by atoms with van der Waals surface area (Å²) < 4.78 is 5.21. The second-order valence-corrected chi connectivity index (χ2v) is 4.87. The summed E-state index contributed by atoms with van der Waals surface area (Å²) in [4.78, 5) is 11.9. The van der Waals surface area contributed by atoms with Crippen molar-refractivity contribution in [2.45, 2.75) is 12.8 Å². The number of rotatable bonds is 5. The van der Waals surface area contributed by atoms with E-state index in [-0.39, 0.29) is 0 Å². The molecule has 0 aliphatic carbocycles. The molecule has 0 unspecified atom stereocenters. The molecule has 0 heterocycles. The molecule has 0 radical (unpaired) electrons. The third-order valence-electron chi connectivity index (χ3n) is 2.90. The molecule has 0 aliphatic rings. The van der Waals surface area contributed by atoms with Crippen molar-refractivity contribution in [1.82, 2.24) is 0 Å². The van der Waals surface area contributed by atoms with Gasteiger partial charge in [0.2, 0.25) is 0 Å². The Hall–Kier alpha value is -2.00. The van der Waals surface area contributed by atoms with E-state index in [1.165, 1.54) is 11.6 Å². The molecular weight excluding hydrogens is 274 g/mol. The number of carbonyl (C=O) groups is 1. The maximum atomic E-state index is 11.9. The molecule has 0 saturated heterocycles. The monoisotopic (exact) mass is 289 g/mol. The normalized spacial score (nSPS) is 10.2. The van der Waals surface area contributed by atoms with Crippen LogP contribution in [0.4, 0.5) is 5.69 Å². The molecule has 0 fully saturated rings. The Kier molecular flexibility index (Phi) is 5.02. The summed E-state index contributed by atoms with van der Waals surface area (Å²) in [6.45, 7) is 0.360. The molecule has 2 aromatic rings. The lowest BCUT2D eigenvalue weighted by Gasteiger charge is -2.07. The maximum absolute atomic E-state index is 11.9. The summed E-state index contributed by atoms with van der Waals surface area (Å²) in [6, 6.07) is 14.8. The molecule has 0 spiro atoms. The number of halogens is 1. The Morgan fingerprint density at radius 2 is 1.90 bits per heavy atom. The molecule has 0 saturated carbocycles. The van der Waals surface area contributed by atoms with Gasteiger partial charge in [-0.25, -0.2) is 4.79 Å². The average Bonchev–Trinajstić information content (AvgIpc) is 2.47. The zero-order chi connectivity index (χ0) is 14.4. The van der Waals surface area contributed by atoms with Crippen LogP contribution >= 0.6 is 11.6 Å². The molecule has 104 valence electrons. The molecule has 2 N–H and O–H groups in total. The van der Waals surface area contributed by atoms with Crippen LogP contribution < -0.4 is 5.73 Å². The van der Waals surface area contributed by atoms with Crippen molar-refractivity contribution in [1.29, 1.82) is 0 Å². The number of carbonyl (C=O) groups excluding carboxylic acids is 1. The molecular formula is C16H16ClNO2. The number of benzene rings is 2. The standard InChI is InChI=1S/C16H16ClNO2/c17-15-9-8-13(18)11-14(15)16(19)20-10-4-7-12-5-2-1-3-6-12/h1-3,5-6,8-9,11H,4,7,10,18H2. The minimum Gasteiger partial charge on any atom is -0.462 e. The van der Waals surface area contributed by atoms with Crippen LogP contribution in [-0.4, -0.2) is 12.6 Å². The summed E-state index contributed by atoms with van der Waals surface area (Å²) in [5.41, 5.74) is 7.66. The number of aryl methyl sites for hydroxylation is 1. The van der Waals surface area contributed by atoms with Crippen LogP contribution in [0.15, 0.2) is 48.5 Å². The van der Waals surface area contributed by atoms with Gasteiger partial charge in [-0.3, -0.25) is 0 Å². The van der Waals surface area contributed by atoms with Crippen LogP contribution in [0.5, 0.6) is 0 Å². The van der Waals surface area contributed by atoms with Gasteiger partial charge in [0, 0.05) is 5.69 Å². The van der Waals surface area contributed by atoms with E-state index in [1.54, 1.807) is 12.1 Å². The summed E-state index contributed by atoms with van der Waals surface area (Å²) in [5, 5.41) is 0.354. The first kappa shape index (κ1) is 14.4. The van der Waals surface area contributed by atoms with Gasteiger partial charge in [-0.2, -0.15) is 0 Å². The van der Waals surface area contributed by atoms with Gasteiger partial charge in [0.05, 0.1) is 17.2 Å². The van der Waals surface area contributed by atoms with Crippen molar-refractivity contribution >= 4 is 23.3 Å². The predicted molar refractivity (Wildman–Crippen MR) is 80.9 cm³/mol. The summed E-state index contributed by atoms with van der Waals surface area (Å²) in [6.07, 6.45) is 1.65. The van der Waals surface area contributed by atoms with Gasteiger partial charge in [-0.05, 0) is 36.6 Å². The van der Waals surface area contributed by atoms with Crippen molar-refractivity contribution < 1.29 is 9.53 Å². The van der Waals surface area contributed by atoms with E-state index >= 15 is 0 Å². The number of nitrogen functional groups attached to an aromatic ring is 1. The minimum atomic E-state index is -0.435. The fourth-order valence-corrected chi connectivity index (χ4v) is 2.06. The quantitative estimate of drug-likeness (QED) is 0.518. The highest BCUT2D eigenvalue weighted by atomic mass is 35.5. The van der Waals surface area contributed by atoms with Gasteiger partial charge < -0.3 is 10.5 Å². The summed E-state index contributed by atoms with van der Waals surface area (Å²) in [7, 11) is 0. The van der Waals surface area contributed by atoms with Gasteiger partial charge in [-0.1, -0.05) is 41.9 Å². The zero-order valence-electron chi connectivity index (χ0n) is 11.0. The van der Waals surface area contributed by atoms with Crippen LogP contribution in [-0.2, 0) is 11.2 Å². The van der Waals surface area contributed by atoms with Crippen LogP contribution in [0.3, 0.4) is 0 Å². The van der Waals surface area contributed by atoms with Gasteiger partial charge in [0.15, 0.2) is 0 Å². The second-order valence-electron chi connectivity index (χ2n) is 4.46. The van der Waals surface area contributed by atoms with E-state index in [2.05, 4.69) is 12.1 Å². The van der Waals surface area contributed by atoms with Crippen LogP contribution in [0.25, 0.3) is 0 Å². The van der Waals surface area contributed by atoms with E-state index in [9.17, 15) is 4.79 Å². The van der Waals surface area contributed by atoms with Gasteiger partial charge in [-0.15, -0.1) is 0 Å². The number of esters is 1. The van der Waals surface area contributed by atoms with Crippen LogP contribution in [0, 0.1) is 0 Å². The number of anilines is 1. The van der Waals surface area contributed by atoms with Crippen LogP contribution in [0.2, 0.25) is 5.02 Å². The van der Waals surface area contributed by atoms with Crippen LogP contribution in [0.1, 0.15) is 22.3 Å². The summed E-state index contributed by atoms with van der Waals surface area (Å²) >= 11 is 5.94. The zero-order valence-corrected chi connectivity index (χ0v) is 11.8. The molecule has 0 aromatic heterocycles. The number of hydrogen-bond acceptors (Lipinski definition) is 3. The second kappa shape index (κ2) is 6.96. The first-order chi connectivity index (χ1) is 9.66. The molecule has 3 nitrogen and oxygen atoms in total. The molecule has 4 heteroatoms. The van der Waals surface area contributed by atoms with E-state index < -0.39 is 5.97 Å². The Labute approximate surface area is 123 Å². The van der Waals surface area contributed by atoms with E-state index in [0.29, 0.717) is 22.9 Å². The molecule has 20 heavy (non-hydrogen) atoms. The highest BCUT2D eigenvalue weighted by molar-refractivity contribution is 6.33. The maximum Gasteiger partial charge on any atom is 0.339 e. The average molecular weight is 290 g/mol. The van der Waals surface area contributed by atoms with E-state index in [4.69, 9.17) is 22.1 Å². The molecule has 0 amide bonds. The van der Waals surface area contributed by atoms with Gasteiger partial charge in [0.25, 0.3) is 0 Å². The topological polar surface area (TPSA) is 52.3 Å². The van der Waals surface area contributed by atoms with Gasteiger partial charge in [0.1, 0.15) is 0 Å². The number of ether oxygens (including phenoxy) is 1. The van der Waals surface area contributed by atoms with Crippen molar-refractivity contribution in [3.05, 3.63) is 64.7 Å². The number of hydrogen-bond donors (Lipinski definition) is 1. The lowest BCUT2D eigenvalue weighted by molar-refractivity contribution is 0.0501. The lowest BCUT2D eigenvalue weighted by atomic mass is 10.1. The fourth-order valence-electron chi connectivity index (χ4n) is 1.86. The molecule has 0 bridgehead atoms. The van der Waals surface area contributed by atoms with Crippen molar-refractivity contribution in [2.75, 3.05) is 12.3 Å². The summed E-state index contributed by atoms with van der Waals surface area (Å²) in [5.74, 6) is -0.435. The van der Waals surface area contributed by atoms with Gasteiger partial charge >= 0.3 is 5.97 Å². The lowest BCUT2D eigenvalue weighted by Crippen LogP contribution is -2.08. The van der Waals surface area contributed by atoms with Crippen molar-refractivity contribution in [3.63, 3.8) is 0 Å². The third-order valence-corrected chi connectivity index (χ3v) is 3.23. The molecule has 2 aromatic carbocycles. The Morgan fingerprint density at radius 1 is 1.15 bits per heavy atom. The fraction of sp³-hybridized carbons (Fsp3) is 0.188. The van der Waals surface area contributed by atoms with E-state index in [1.807, 2.05) is 18.2 Å². The molecule has 2 rings (SSSR count). The largest absolute Gasteiger partial charge is 0.462 e. The predicted octanol–water partition coefficient (Wildman–Crippen LogP) is 3.71. The highest BCUT2D eigenvalue weighted by Gasteiger charge is 2.11. The first-order valence-electron chi connectivity index (χ1n) is 6.43. The molecule has 0 aliphatic heterocycles. The Morgan fingerprint density at radius 3 is 2.65 bits per heavy atom. The number of nitrogens with two attached hydrogens (primary N) is 1. The van der Waals surface area contributed by atoms with E-state index in [0.717, 1.165) is 12.8 Å². The van der Waals surface area contributed by atoms with Crippen molar-refractivity contribution in [2.24, 2.45) is 0 Å². The van der Waals surface area contributed by atoms with Crippen molar-refractivity contribution in [3.8, 4) is 0 Å². The first-order valence-corrected chi connectivity index (χ1v) is 6.80. The SMILES string of the molecule is Nc1ccc(Cl)c(C(=O)OCCCc2ccccc2)c1. The minimum absolute atomic E-state index is 0.311. The third kappa shape index (κ3) is 4.00. The highest BCUT2D eigenvalue weighted by Crippen LogP contribution is 2.19. The molecule has 0 atom stereocenters. The smallest absolute Gasteiger partial charge is 0.339 e. The Bertz CT molecular complexity index is 584. The Balaban J connectivity index is 1.82.